The molecular weight excluding hydrogens is 356 g/mol. The van der Waals surface area contributed by atoms with Crippen LogP contribution in [-0.2, 0) is 13.1 Å². The number of hydrogen-bond donors (Lipinski definition) is 2. The van der Waals surface area contributed by atoms with Crippen molar-refractivity contribution in [1.82, 2.24) is 15.6 Å². The predicted octanol–water partition coefficient (Wildman–Crippen LogP) is 3.22. The first-order valence-electron chi connectivity index (χ1n) is 8.89. The van der Waals surface area contributed by atoms with Crippen molar-refractivity contribution in [2.75, 3.05) is 21.3 Å². The van der Waals surface area contributed by atoms with Gasteiger partial charge in [0, 0.05) is 24.7 Å². The molecule has 3 aromatic rings. The molecule has 146 valence electrons. The van der Waals surface area contributed by atoms with Gasteiger partial charge >= 0.3 is 0 Å². The van der Waals surface area contributed by atoms with Crippen LogP contribution in [-0.4, -0.2) is 32.2 Å². The van der Waals surface area contributed by atoms with Gasteiger partial charge in [-0.2, -0.15) is 0 Å². The minimum absolute atomic E-state index is 0.491. The van der Waals surface area contributed by atoms with Crippen LogP contribution in [0.2, 0.25) is 0 Å². The lowest BCUT2D eigenvalue weighted by Crippen LogP contribution is -2.36. The number of hydrogen-bond acceptors (Lipinski definition) is 5. The molecule has 0 bridgehead atoms. The van der Waals surface area contributed by atoms with E-state index in [1.165, 1.54) is 0 Å². The Labute approximate surface area is 164 Å². The van der Waals surface area contributed by atoms with Gasteiger partial charge in [0.05, 0.1) is 26.5 Å². The molecule has 0 spiro atoms. The lowest BCUT2D eigenvalue weighted by atomic mass is 10.2. The first kappa shape index (κ1) is 19.3. The summed E-state index contributed by atoms with van der Waals surface area (Å²) in [5, 5.41) is 6.50. The summed E-state index contributed by atoms with van der Waals surface area (Å²) in [5.74, 6) is 2.65. The molecule has 0 amide bonds. The van der Waals surface area contributed by atoms with Crippen molar-refractivity contribution in [2.24, 2.45) is 4.99 Å². The summed E-state index contributed by atoms with van der Waals surface area (Å²) in [7, 11) is 4.97. The van der Waals surface area contributed by atoms with E-state index < -0.39 is 0 Å². The number of para-hydroxylation sites is 1. The summed E-state index contributed by atoms with van der Waals surface area (Å²) in [6.45, 7) is 1.03. The number of oxazole rings is 1. The maximum atomic E-state index is 5.56. The van der Waals surface area contributed by atoms with Gasteiger partial charge in [0.1, 0.15) is 6.26 Å². The van der Waals surface area contributed by atoms with Crippen LogP contribution >= 0.6 is 0 Å². The minimum Gasteiger partial charge on any atom is -0.493 e. The van der Waals surface area contributed by atoms with Crippen LogP contribution in [0.5, 0.6) is 11.5 Å². The van der Waals surface area contributed by atoms with Gasteiger partial charge in [-0.15, -0.1) is 0 Å². The smallest absolute Gasteiger partial charge is 0.226 e. The summed E-state index contributed by atoms with van der Waals surface area (Å²) >= 11 is 0. The number of guanidine groups is 1. The van der Waals surface area contributed by atoms with Crippen LogP contribution in [0.1, 0.15) is 11.3 Å². The Morgan fingerprint density at radius 1 is 1.00 bits per heavy atom. The minimum atomic E-state index is 0.491. The standard InChI is InChI=1S/C21H24N4O3/c1-22-21(23-12-16-10-7-11-18(26-2)19(16)27-3)24-13-17-14-28-20(25-17)15-8-5-4-6-9-15/h4-11,14H,12-13H2,1-3H3,(H2,22,23,24). The van der Waals surface area contributed by atoms with E-state index in [1.54, 1.807) is 27.5 Å². The molecule has 0 atom stereocenters. The molecule has 0 unspecified atom stereocenters. The van der Waals surface area contributed by atoms with Crippen molar-refractivity contribution >= 4 is 5.96 Å². The highest BCUT2D eigenvalue weighted by Gasteiger charge is 2.10. The van der Waals surface area contributed by atoms with Gasteiger partial charge in [-0.05, 0) is 18.2 Å². The predicted molar refractivity (Wildman–Crippen MR) is 109 cm³/mol. The highest BCUT2D eigenvalue weighted by molar-refractivity contribution is 5.79. The van der Waals surface area contributed by atoms with Gasteiger partial charge in [0.2, 0.25) is 5.89 Å². The lowest BCUT2D eigenvalue weighted by molar-refractivity contribution is 0.351. The van der Waals surface area contributed by atoms with Crippen molar-refractivity contribution in [1.29, 1.82) is 0 Å². The molecule has 0 fully saturated rings. The van der Waals surface area contributed by atoms with E-state index in [1.807, 2.05) is 48.5 Å². The van der Waals surface area contributed by atoms with E-state index in [2.05, 4.69) is 20.6 Å². The van der Waals surface area contributed by atoms with Crippen molar-refractivity contribution in [2.45, 2.75) is 13.1 Å². The van der Waals surface area contributed by atoms with Crippen molar-refractivity contribution in [3.05, 3.63) is 66.1 Å². The maximum absolute atomic E-state index is 5.56. The Morgan fingerprint density at radius 2 is 1.79 bits per heavy atom. The van der Waals surface area contributed by atoms with Crippen LogP contribution in [0.4, 0.5) is 0 Å². The fourth-order valence-electron chi connectivity index (χ4n) is 2.77. The lowest BCUT2D eigenvalue weighted by Gasteiger charge is -2.15. The van der Waals surface area contributed by atoms with Gasteiger partial charge in [0.15, 0.2) is 17.5 Å². The first-order valence-corrected chi connectivity index (χ1v) is 8.89. The molecule has 2 N–H and O–H groups in total. The number of nitrogens with zero attached hydrogens (tertiary/aromatic N) is 2. The molecule has 0 aliphatic carbocycles. The van der Waals surface area contributed by atoms with Gasteiger partial charge < -0.3 is 24.5 Å². The summed E-state index contributed by atoms with van der Waals surface area (Å²) in [5.41, 5.74) is 2.71. The average Bonchev–Trinajstić information content (AvgIpc) is 3.23. The quantitative estimate of drug-likeness (QED) is 0.484. The highest BCUT2D eigenvalue weighted by atomic mass is 16.5. The molecule has 0 saturated carbocycles. The van der Waals surface area contributed by atoms with E-state index in [-0.39, 0.29) is 0 Å². The Morgan fingerprint density at radius 3 is 2.50 bits per heavy atom. The second kappa shape index (κ2) is 9.45. The van der Waals surface area contributed by atoms with Gasteiger partial charge in [-0.25, -0.2) is 4.98 Å². The number of methoxy groups -OCH3 is 2. The highest BCUT2D eigenvalue weighted by Crippen LogP contribution is 2.30. The summed E-state index contributed by atoms with van der Waals surface area (Å²) in [6, 6.07) is 15.6. The summed E-state index contributed by atoms with van der Waals surface area (Å²) < 4.78 is 16.4. The van der Waals surface area contributed by atoms with Crippen molar-refractivity contribution in [3.8, 4) is 23.0 Å². The zero-order valence-electron chi connectivity index (χ0n) is 16.2. The zero-order valence-corrected chi connectivity index (χ0v) is 16.2. The third kappa shape index (κ3) is 4.62. The van der Waals surface area contributed by atoms with E-state index in [0.717, 1.165) is 16.8 Å². The number of rotatable bonds is 7. The van der Waals surface area contributed by atoms with E-state index >= 15 is 0 Å². The summed E-state index contributed by atoms with van der Waals surface area (Å²) in [4.78, 5) is 8.75. The normalized spacial score (nSPS) is 11.2. The van der Waals surface area contributed by atoms with Gasteiger partial charge in [-0.3, -0.25) is 4.99 Å². The Kier molecular flexibility index (Phi) is 6.51. The average molecular weight is 380 g/mol. The molecular formula is C21H24N4O3. The molecule has 7 heteroatoms. The molecule has 28 heavy (non-hydrogen) atoms. The zero-order chi connectivity index (χ0) is 19.8. The molecule has 0 aliphatic rings. The van der Waals surface area contributed by atoms with E-state index in [0.29, 0.717) is 36.4 Å². The number of aliphatic imine (C=N–C) groups is 1. The second-order valence-corrected chi connectivity index (χ2v) is 5.94. The van der Waals surface area contributed by atoms with Crippen molar-refractivity contribution < 1.29 is 13.9 Å². The van der Waals surface area contributed by atoms with Gasteiger partial charge in [0.25, 0.3) is 0 Å². The monoisotopic (exact) mass is 380 g/mol. The third-order valence-electron chi connectivity index (χ3n) is 4.16. The molecule has 0 saturated heterocycles. The number of benzene rings is 2. The molecule has 0 radical (unpaired) electrons. The number of nitrogens with one attached hydrogen (secondary N) is 2. The number of ether oxygens (including phenoxy) is 2. The molecule has 1 heterocycles. The van der Waals surface area contributed by atoms with Crippen LogP contribution < -0.4 is 20.1 Å². The molecule has 0 aliphatic heterocycles. The molecule has 7 nitrogen and oxygen atoms in total. The maximum Gasteiger partial charge on any atom is 0.226 e. The van der Waals surface area contributed by atoms with Crippen LogP contribution in [0.25, 0.3) is 11.5 Å². The fraction of sp³-hybridized carbons (Fsp3) is 0.238. The summed E-state index contributed by atoms with van der Waals surface area (Å²) in [6.07, 6.45) is 1.65. The van der Waals surface area contributed by atoms with Crippen LogP contribution in [0.3, 0.4) is 0 Å². The van der Waals surface area contributed by atoms with Crippen LogP contribution in [0, 0.1) is 0 Å². The molecule has 3 rings (SSSR count). The fourth-order valence-corrected chi connectivity index (χ4v) is 2.77. The topological polar surface area (TPSA) is 80.9 Å². The Balaban J connectivity index is 1.58. The van der Waals surface area contributed by atoms with Gasteiger partial charge in [-0.1, -0.05) is 30.3 Å². The third-order valence-corrected chi connectivity index (χ3v) is 4.16. The molecule has 1 aromatic heterocycles. The largest absolute Gasteiger partial charge is 0.493 e. The molecule has 2 aromatic carbocycles. The number of aromatic nitrogens is 1. The first-order chi connectivity index (χ1) is 13.7. The SMILES string of the molecule is CN=C(NCc1coc(-c2ccccc2)n1)NCc1cccc(OC)c1OC. The Hall–Kier alpha value is -3.48. The van der Waals surface area contributed by atoms with Crippen molar-refractivity contribution in [3.63, 3.8) is 0 Å². The van der Waals surface area contributed by atoms with E-state index in [4.69, 9.17) is 13.9 Å². The van der Waals surface area contributed by atoms with Crippen LogP contribution in [0.15, 0.2) is 64.2 Å². The Bertz CT molecular complexity index is 922. The second-order valence-electron chi connectivity index (χ2n) is 5.94. The van der Waals surface area contributed by atoms with E-state index in [9.17, 15) is 0 Å².